The highest BCUT2D eigenvalue weighted by molar-refractivity contribution is 7.89. The number of benzene rings is 1. The van der Waals surface area contributed by atoms with Crippen LogP contribution in [0.4, 0.5) is 0 Å². The average molecular weight is 355 g/mol. The number of ether oxygens (including phenoxy) is 1. The number of amides is 1. The molecule has 1 aromatic heterocycles. The molecule has 24 heavy (non-hydrogen) atoms. The molecule has 0 atom stereocenters. The van der Waals surface area contributed by atoms with Crippen LogP contribution in [0.1, 0.15) is 0 Å². The average Bonchev–Trinajstić information content (AvgIpc) is 2.90. The maximum absolute atomic E-state index is 12.6. The van der Waals surface area contributed by atoms with Crippen molar-refractivity contribution in [2.24, 2.45) is 0 Å². The monoisotopic (exact) mass is 355 g/mol. The van der Waals surface area contributed by atoms with Crippen LogP contribution >= 0.6 is 0 Å². The van der Waals surface area contributed by atoms with E-state index in [0.29, 0.717) is 18.7 Å². The zero-order chi connectivity index (χ0) is 17.3. The van der Waals surface area contributed by atoms with Crippen molar-refractivity contribution in [1.82, 2.24) is 14.2 Å². The highest BCUT2D eigenvalue weighted by Crippen LogP contribution is 2.22. The van der Waals surface area contributed by atoms with Crippen molar-refractivity contribution in [2.75, 3.05) is 33.4 Å². The molecule has 1 aliphatic rings. The van der Waals surface area contributed by atoms with Gasteiger partial charge in [-0.2, -0.15) is 4.31 Å². The molecule has 1 aromatic carbocycles. The lowest BCUT2D eigenvalue weighted by molar-refractivity contribution is -0.121. The molecule has 0 unspecified atom stereocenters. The second-order valence-electron chi connectivity index (χ2n) is 5.27. The van der Waals surface area contributed by atoms with Gasteiger partial charge in [-0.05, 0) is 12.1 Å². The van der Waals surface area contributed by atoms with E-state index in [9.17, 15) is 18.0 Å². The van der Waals surface area contributed by atoms with E-state index in [-0.39, 0.29) is 36.0 Å². The van der Waals surface area contributed by atoms with Crippen LogP contribution < -0.4 is 11.1 Å². The number of morpholine rings is 1. The Hall–Kier alpha value is -2.17. The Morgan fingerprint density at radius 3 is 2.67 bits per heavy atom. The number of nitrogens with one attached hydrogen (secondary N) is 1. The first kappa shape index (κ1) is 16.7. The van der Waals surface area contributed by atoms with Gasteiger partial charge in [0, 0.05) is 26.2 Å². The van der Waals surface area contributed by atoms with E-state index in [1.807, 2.05) is 0 Å². The molecule has 2 aromatic rings. The fraction of sp³-hybridized carbons (Fsp3) is 0.429. The first-order chi connectivity index (χ1) is 11.4. The van der Waals surface area contributed by atoms with Crippen molar-refractivity contribution in [3.8, 4) is 0 Å². The summed E-state index contributed by atoms with van der Waals surface area (Å²) in [6.45, 7) is 1.06. The number of oxazole rings is 1. The van der Waals surface area contributed by atoms with Crippen LogP contribution in [0.15, 0.2) is 32.3 Å². The smallest absolute Gasteiger partial charge is 0.408 e. The quantitative estimate of drug-likeness (QED) is 0.781. The minimum Gasteiger partial charge on any atom is -0.408 e. The highest BCUT2D eigenvalue weighted by atomic mass is 32.2. The lowest BCUT2D eigenvalue weighted by Gasteiger charge is -2.25. The molecule has 1 N–H and O–H groups in total. The van der Waals surface area contributed by atoms with Crippen molar-refractivity contribution in [1.29, 1.82) is 0 Å². The Kier molecular flexibility index (Phi) is 4.43. The van der Waals surface area contributed by atoms with E-state index in [0.717, 1.165) is 4.57 Å². The van der Waals surface area contributed by atoms with E-state index >= 15 is 0 Å². The molecule has 0 radical (unpaired) electrons. The second-order valence-corrected chi connectivity index (χ2v) is 7.21. The fourth-order valence-electron chi connectivity index (χ4n) is 2.52. The van der Waals surface area contributed by atoms with Gasteiger partial charge < -0.3 is 14.5 Å². The molecule has 1 fully saturated rings. The molecule has 1 amide bonds. The Bertz CT molecular complexity index is 924. The summed E-state index contributed by atoms with van der Waals surface area (Å²) in [6.07, 6.45) is 0. The summed E-state index contributed by atoms with van der Waals surface area (Å²) in [5.41, 5.74) is 0.489. The van der Waals surface area contributed by atoms with E-state index in [2.05, 4.69) is 5.32 Å². The van der Waals surface area contributed by atoms with Crippen LogP contribution in [0, 0.1) is 0 Å². The molecule has 0 spiro atoms. The van der Waals surface area contributed by atoms with Gasteiger partial charge in [0.2, 0.25) is 15.9 Å². The minimum atomic E-state index is -3.68. The number of carbonyl (C=O) groups excluding carboxylic acids is 1. The van der Waals surface area contributed by atoms with Gasteiger partial charge in [-0.25, -0.2) is 13.2 Å². The number of likely N-dealkylation sites (N-methyl/N-ethyl adjacent to an activating group) is 1. The fourth-order valence-corrected chi connectivity index (χ4v) is 3.94. The largest absolute Gasteiger partial charge is 0.420 e. The van der Waals surface area contributed by atoms with Crippen molar-refractivity contribution < 1.29 is 22.4 Å². The van der Waals surface area contributed by atoms with E-state index in [1.165, 1.54) is 29.6 Å². The number of hydrogen-bond acceptors (Lipinski definition) is 6. The van der Waals surface area contributed by atoms with Crippen molar-refractivity contribution >= 4 is 27.0 Å². The summed E-state index contributed by atoms with van der Waals surface area (Å²) in [7, 11) is -2.22. The van der Waals surface area contributed by atoms with Gasteiger partial charge in [0.05, 0.1) is 23.6 Å². The summed E-state index contributed by atoms with van der Waals surface area (Å²) >= 11 is 0. The summed E-state index contributed by atoms with van der Waals surface area (Å²) < 4.78 is 38.0. The molecule has 0 aliphatic carbocycles. The SMILES string of the molecule is CNC(=O)Cn1c(=O)oc2cc(S(=O)(=O)N3CCOCC3)ccc21. The van der Waals surface area contributed by atoms with E-state index in [4.69, 9.17) is 9.15 Å². The number of sulfonamides is 1. The van der Waals surface area contributed by atoms with Crippen LogP contribution in [0.25, 0.3) is 11.1 Å². The second kappa shape index (κ2) is 6.38. The standard InChI is InChI=1S/C14H17N3O6S/c1-15-13(18)9-17-11-3-2-10(8-12(11)23-14(17)19)24(20,21)16-4-6-22-7-5-16/h2-3,8H,4-7,9H2,1H3,(H,15,18). The molecule has 1 aliphatic heterocycles. The molecule has 0 bridgehead atoms. The van der Waals surface area contributed by atoms with Gasteiger partial charge in [-0.1, -0.05) is 0 Å². The third-order valence-corrected chi connectivity index (χ3v) is 5.72. The summed E-state index contributed by atoms with van der Waals surface area (Å²) in [5.74, 6) is -1.07. The number of fused-ring (bicyclic) bond motifs is 1. The topological polar surface area (TPSA) is 111 Å². The molecule has 3 rings (SSSR count). The number of nitrogens with zero attached hydrogens (tertiary/aromatic N) is 2. The molecular formula is C14H17N3O6S. The van der Waals surface area contributed by atoms with E-state index < -0.39 is 15.8 Å². The van der Waals surface area contributed by atoms with Crippen LogP contribution in [0.2, 0.25) is 0 Å². The van der Waals surface area contributed by atoms with Gasteiger partial charge in [-0.15, -0.1) is 0 Å². The summed E-state index contributed by atoms with van der Waals surface area (Å²) in [6, 6.07) is 4.18. The highest BCUT2D eigenvalue weighted by Gasteiger charge is 2.27. The predicted octanol–water partition coefficient (Wildman–Crippen LogP) is -0.639. The summed E-state index contributed by atoms with van der Waals surface area (Å²) in [4.78, 5) is 23.4. The maximum atomic E-state index is 12.6. The summed E-state index contributed by atoms with van der Waals surface area (Å²) in [5, 5.41) is 2.42. The number of hydrogen-bond donors (Lipinski definition) is 1. The molecule has 2 heterocycles. The third kappa shape index (κ3) is 2.95. The van der Waals surface area contributed by atoms with Gasteiger partial charge >= 0.3 is 5.76 Å². The molecule has 0 saturated carbocycles. The molecule has 10 heteroatoms. The third-order valence-electron chi connectivity index (χ3n) is 3.83. The van der Waals surface area contributed by atoms with Crippen LogP contribution in [-0.2, 0) is 26.1 Å². The van der Waals surface area contributed by atoms with Gasteiger partial charge in [-0.3, -0.25) is 9.36 Å². The molecule has 9 nitrogen and oxygen atoms in total. The number of aromatic nitrogens is 1. The molecule has 130 valence electrons. The Morgan fingerprint density at radius 1 is 1.29 bits per heavy atom. The lowest BCUT2D eigenvalue weighted by Crippen LogP contribution is -2.40. The van der Waals surface area contributed by atoms with Gasteiger partial charge in [0.1, 0.15) is 6.54 Å². The normalized spacial score (nSPS) is 16.4. The first-order valence-corrected chi connectivity index (χ1v) is 8.79. The zero-order valence-electron chi connectivity index (χ0n) is 13.0. The Labute approximate surface area is 137 Å². The zero-order valence-corrected chi connectivity index (χ0v) is 13.8. The van der Waals surface area contributed by atoms with Gasteiger partial charge in [0.25, 0.3) is 0 Å². The molecule has 1 saturated heterocycles. The number of rotatable bonds is 4. The van der Waals surface area contributed by atoms with Crippen LogP contribution in [0.3, 0.4) is 0 Å². The predicted molar refractivity (Wildman–Crippen MR) is 84.1 cm³/mol. The lowest BCUT2D eigenvalue weighted by atomic mass is 10.3. The first-order valence-electron chi connectivity index (χ1n) is 7.35. The Balaban J connectivity index is 2.00. The van der Waals surface area contributed by atoms with Gasteiger partial charge in [0.15, 0.2) is 5.58 Å². The molecular weight excluding hydrogens is 338 g/mol. The number of carbonyl (C=O) groups is 1. The van der Waals surface area contributed by atoms with E-state index in [1.54, 1.807) is 0 Å². The van der Waals surface area contributed by atoms with Crippen molar-refractivity contribution in [3.05, 3.63) is 28.7 Å². The Morgan fingerprint density at radius 2 is 2.00 bits per heavy atom. The minimum absolute atomic E-state index is 0.0396. The maximum Gasteiger partial charge on any atom is 0.420 e. The van der Waals surface area contributed by atoms with Crippen molar-refractivity contribution in [2.45, 2.75) is 11.4 Å². The van der Waals surface area contributed by atoms with Crippen molar-refractivity contribution in [3.63, 3.8) is 0 Å². The van der Waals surface area contributed by atoms with Crippen LogP contribution in [-0.4, -0.2) is 56.5 Å². The van der Waals surface area contributed by atoms with Crippen LogP contribution in [0.5, 0.6) is 0 Å².